The van der Waals surface area contributed by atoms with E-state index in [1.807, 2.05) is 10.6 Å². The molecule has 1 aliphatic rings. The minimum atomic E-state index is -1.50. The average Bonchev–Trinajstić information content (AvgIpc) is 3.34. The van der Waals surface area contributed by atoms with E-state index in [0.29, 0.717) is 41.8 Å². The number of anilines is 1. The standard InChI is InChI=1S/C27H36N7O4P/c1-18(2)34(19(3)4)39(37-14-8-13-28)38-23-15-21(35)11-12-22(23)33-17-31-24-25(29-16-30-26(24)33)32-27(36)20-9-6-5-7-10-20/h5-7,9-10,16-19,21-23,35H,8,11-12,14-15H2,1-4H3,(H,29,30,32,36)/t21-,22-,23-,39?/m1/s1. The molecular weight excluding hydrogens is 517 g/mol. The molecule has 39 heavy (non-hydrogen) atoms. The van der Waals surface area contributed by atoms with E-state index in [0.717, 1.165) is 0 Å². The summed E-state index contributed by atoms with van der Waals surface area (Å²) in [6, 6.07) is 11.2. The lowest BCUT2D eigenvalue weighted by atomic mass is 9.90. The molecule has 1 aromatic carbocycles. The van der Waals surface area contributed by atoms with Crippen LogP contribution < -0.4 is 5.32 Å². The van der Waals surface area contributed by atoms with Crippen molar-refractivity contribution in [2.24, 2.45) is 0 Å². The molecule has 1 aliphatic carbocycles. The molecule has 4 rings (SSSR count). The molecule has 208 valence electrons. The van der Waals surface area contributed by atoms with Gasteiger partial charge in [-0.2, -0.15) is 5.26 Å². The van der Waals surface area contributed by atoms with Crippen LogP contribution in [-0.4, -0.2) is 66.1 Å². The molecular formula is C27H36N7O4P. The Labute approximate surface area is 230 Å². The summed E-state index contributed by atoms with van der Waals surface area (Å²) in [6.45, 7) is 8.62. The van der Waals surface area contributed by atoms with Crippen LogP contribution in [0.4, 0.5) is 5.82 Å². The first kappa shape index (κ1) is 29.0. The lowest BCUT2D eigenvalue weighted by molar-refractivity contribution is 0.0109. The summed E-state index contributed by atoms with van der Waals surface area (Å²) < 4.78 is 16.9. The van der Waals surface area contributed by atoms with Gasteiger partial charge >= 0.3 is 0 Å². The van der Waals surface area contributed by atoms with Gasteiger partial charge < -0.3 is 24.0 Å². The Kier molecular flexibility index (Phi) is 9.94. The zero-order valence-electron chi connectivity index (χ0n) is 22.8. The number of hydrogen-bond donors (Lipinski definition) is 2. The normalized spacial score (nSPS) is 20.4. The number of nitrogens with zero attached hydrogens (tertiary/aromatic N) is 6. The Balaban J connectivity index is 1.62. The van der Waals surface area contributed by atoms with E-state index in [9.17, 15) is 9.90 Å². The molecule has 0 bridgehead atoms. The molecule has 0 saturated heterocycles. The number of nitrogens with one attached hydrogen (secondary N) is 1. The number of carbonyl (C=O) groups is 1. The van der Waals surface area contributed by atoms with E-state index < -0.39 is 14.6 Å². The number of aliphatic hydroxyl groups excluding tert-OH is 1. The molecule has 2 N–H and O–H groups in total. The number of hydrogen-bond acceptors (Lipinski definition) is 9. The fourth-order valence-electron chi connectivity index (χ4n) is 4.89. The van der Waals surface area contributed by atoms with Crippen molar-refractivity contribution in [1.29, 1.82) is 5.26 Å². The van der Waals surface area contributed by atoms with Crippen LogP contribution in [0.25, 0.3) is 11.2 Å². The van der Waals surface area contributed by atoms with Crippen LogP contribution in [-0.2, 0) is 9.05 Å². The van der Waals surface area contributed by atoms with Crippen molar-refractivity contribution in [1.82, 2.24) is 24.2 Å². The molecule has 1 unspecified atom stereocenters. The second-order valence-corrected chi connectivity index (χ2v) is 11.5. The minimum absolute atomic E-state index is 0.155. The maximum absolute atomic E-state index is 12.8. The number of carbonyl (C=O) groups excluding carboxylic acids is 1. The summed E-state index contributed by atoms with van der Waals surface area (Å²) in [4.78, 5) is 26.1. The molecule has 4 atom stereocenters. The van der Waals surface area contributed by atoms with E-state index in [1.54, 1.807) is 30.6 Å². The van der Waals surface area contributed by atoms with Crippen molar-refractivity contribution in [3.05, 3.63) is 48.5 Å². The predicted octanol–water partition coefficient (Wildman–Crippen LogP) is 4.83. The van der Waals surface area contributed by atoms with Crippen LogP contribution in [0.15, 0.2) is 43.0 Å². The summed E-state index contributed by atoms with van der Waals surface area (Å²) in [6.07, 6.45) is 4.18. The Morgan fingerprint density at radius 2 is 1.95 bits per heavy atom. The largest absolute Gasteiger partial charge is 0.393 e. The number of aliphatic hydroxyl groups is 1. The zero-order valence-corrected chi connectivity index (χ0v) is 23.7. The molecule has 1 fully saturated rings. The van der Waals surface area contributed by atoms with Gasteiger partial charge in [0.05, 0.1) is 43.7 Å². The van der Waals surface area contributed by atoms with Crippen LogP contribution in [0.1, 0.15) is 69.8 Å². The second-order valence-electron chi connectivity index (χ2n) is 10.1. The molecule has 12 heteroatoms. The summed E-state index contributed by atoms with van der Waals surface area (Å²) in [5, 5.41) is 22.5. The van der Waals surface area contributed by atoms with Crippen molar-refractivity contribution in [2.45, 2.75) is 83.7 Å². The first-order valence-electron chi connectivity index (χ1n) is 13.3. The van der Waals surface area contributed by atoms with E-state index in [1.165, 1.54) is 6.33 Å². The van der Waals surface area contributed by atoms with Crippen molar-refractivity contribution in [2.75, 3.05) is 11.9 Å². The molecule has 3 aromatic rings. The van der Waals surface area contributed by atoms with Gasteiger partial charge in [0.2, 0.25) is 0 Å². The Hall–Kier alpha value is -3.00. The SMILES string of the molecule is CC(C)N(C(C)C)P(OCCC#N)O[C@@H]1C[C@H](O)CC[C@H]1n1cnc2c(NC(=O)c3ccccc3)ncnc21. The molecule has 0 spiro atoms. The van der Waals surface area contributed by atoms with Gasteiger partial charge in [-0.15, -0.1) is 0 Å². The highest BCUT2D eigenvalue weighted by Crippen LogP contribution is 2.50. The monoisotopic (exact) mass is 553 g/mol. The van der Waals surface area contributed by atoms with E-state index in [4.69, 9.17) is 14.3 Å². The van der Waals surface area contributed by atoms with Crippen molar-refractivity contribution in [3.63, 3.8) is 0 Å². The van der Waals surface area contributed by atoms with E-state index >= 15 is 0 Å². The first-order chi connectivity index (χ1) is 18.8. The van der Waals surface area contributed by atoms with Gasteiger partial charge in [0.1, 0.15) is 6.33 Å². The molecule has 2 heterocycles. The third-order valence-corrected chi connectivity index (χ3v) is 8.76. The van der Waals surface area contributed by atoms with Crippen LogP contribution in [0, 0.1) is 11.3 Å². The van der Waals surface area contributed by atoms with Gasteiger partial charge in [-0.05, 0) is 52.7 Å². The molecule has 1 saturated carbocycles. The van der Waals surface area contributed by atoms with Gasteiger partial charge in [-0.25, -0.2) is 19.6 Å². The molecule has 2 aromatic heterocycles. The highest BCUT2D eigenvalue weighted by molar-refractivity contribution is 7.44. The summed E-state index contributed by atoms with van der Waals surface area (Å²) in [5.41, 5.74) is 1.57. The maximum Gasteiger partial charge on any atom is 0.259 e. The third kappa shape index (κ3) is 6.96. The fourth-order valence-corrected chi connectivity index (χ4v) is 6.65. The molecule has 0 radical (unpaired) electrons. The van der Waals surface area contributed by atoms with Crippen LogP contribution in [0.5, 0.6) is 0 Å². The van der Waals surface area contributed by atoms with Crippen molar-refractivity contribution in [3.8, 4) is 6.07 Å². The van der Waals surface area contributed by atoms with Gasteiger partial charge in [0.25, 0.3) is 14.4 Å². The molecule has 11 nitrogen and oxygen atoms in total. The highest BCUT2D eigenvalue weighted by Gasteiger charge is 2.38. The Morgan fingerprint density at radius 1 is 1.21 bits per heavy atom. The quantitative estimate of drug-likeness (QED) is 0.253. The number of nitriles is 1. The topological polar surface area (TPSA) is 138 Å². The summed E-state index contributed by atoms with van der Waals surface area (Å²) in [7, 11) is -1.50. The zero-order chi connectivity index (χ0) is 27.9. The fraction of sp³-hybridized carbons (Fsp3) is 0.519. The minimum Gasteiger partial charge on any atom is -0.393 e. The number of fused-ring (bicyclic) bond motifs is 1. The second kappa shape index (κ2) is 13.4. The van der Waals surface area contributed by atoms with E-state index in [-0.39, 0.29) is 43.2 Å². The molecule has 0 aliphatic heterocycles. The van der Waals surface area contributed by atoms with Crippen molar-refractivity contribution < 1.29 is 18.9 Å². The number of aromatic nitrogens is 4. The molecule has 1 amide bonds. The highest BCUT2D eigenvalue weighted by atomic mass is 31.2. The third-order valence-electron chi connectivity index (χ3n) is 6.60. The van der Waals surface area contributed by atoms with Crippen LogP contribution >= 0.6 is 8.53 Å². The van der Waals surface area contributed by atoms with Gasteiger partial charge in [-0.1, -0.05) is 18.2 Å². The maximum atomic E-state index is 12.8. The first-order valence-corrected chi connectivity index (χ1v) is 14.4. The van der Waals surface area contributed by atoms with Crippen molar-refractivity contribution >= 4 is 31.4 Å². The Morgan fingerprint density at radius 3 is 2.64 bits per heavy atom. The summed E-state index contributed by atoms with van der Waals surface area (Å²) >= 11 is 0. The number of amides is 1. The van der Waals surface area contributed by atoms with Crippen LogP contribution in [0.3, 0.4) is 0 Å². The van der Waals surface area contributed by atoms with Gasteiger partial charge in [-0.3, -0.25) is 4.79 Å². The Bertz CT molecular complexity index is 1270. The van der Waals surface area contributed by atoms with Gasteiger partial charge in [0, 0.05) is 24.1 Å². The lowest BCUT2D eigenvalue weighted by Gasteiger charge is -2.41. The number of imidazole rings is 1. The van der Waals surface area contributed by atoms with Gasteiger partial charge in [0.15, 0.2) is 17.0 Å². The number of rotatable bonds is 11. The summed E-state index contributed by atoms with van der Waals surface area (Å²) in [5.74, 6) is 0.0450. The lowest BCUT2D eigenvalue weighted by Crippen LogP contribution is -2.39. The van der Waals surface area contributed by atoms with E-state index in [2.05, 4.69) is 58.7 Å². The number of benzene rings is 1. The smallest absolute Gasteiger partial charge is 0.259 e. The average molecular weight is 554 g/mol. The van der Waals surface area contributed by atoms with Crippen LogP contribution in [0.2, 0.25) is 0 Å². The predicted molar refractivity (Wildman–Crippen MR) is 149 cm³/mol.